The molecule has 0 aromatic carbocycles. The van der Waals surface area contributed by atoms with Crippen LogP contribution in [0.3, 0.4) is 0 Å². The zero-order valence-electron chi connectivity index (χ0n) is 19.3. The number of unbranched alkanes of at least 4 members (excludes halogenated alkanes) is 17. The van der Waals surface area contributed by atoms with Crippen LogP contribution in [-0.2, 0) is 10.1 Å². The molecule has 0 heterocycles. The summed E-state index contributed by atoms with van der Waals surface area (Å²) in [4.78, 5) is 0. The van der Waals surface area contributed by atoms with Gasteiger partial charge < -0.3 is 5.11 Å². The summed E-state index contributed by atoms with van der Waals surface area (Å²) in [6, 6.07) is 0. The van der Waals surface area contributed by atoms with E-state index >= 15 is 0 Å². The maximum Gasteiger partial charge on any atom is 0.267 e. The first kappa shape index (κ1) is 28.9. The van der Waals surface area contributed by atoms with Crippen LogP contribution in [0, 0.1) is 0 Å². The molecule has 1 atom stereocenters. The zero-order valence-corrected chi connectivity index (χ0v) is 20.1. The van der Waals surface area contributed by atoms with Gasteiger partial charge in [0.1, 0.15) is 0 Å². The van der Waals surface area contributed by atoms with E-state index in [1.54, 1.807) is 0 Å². The highest BCUT2D eigenvalue weighted by Gasteiger charge is 2.21. The second kappa shape index (κ2) is 21.1. The van der Waals surface area contributed by atoms with E-state index in [0.29, 0.717) is 12.8 Å². The minimum absolute atomic E-state index is 0.288. The zero-order chi connectivity index (χ0) is 21.6. The Labute approximate surface area is 182 Å². The molecule has 29 heavy (non-hydrogen) atoms. The normalized spacial score (nSPS) is 13.1. The molecule has 0 spiro atoms. The highest BCUT2D eigenvalue weighted by molar-refractivity contribution is 7.86. The second-order valence-corrected chi connectivity index (χ2v) is 10.5. The lowest BCUT2D eigenvalue weighted by Gasteiger charge is -2.13. The van der Waals surface area contributed by atoms with Gasteiger partial charge in [-0.05, 0) is 19.3 Å². The van der Waals surface area contributed by atoms with Crippen LogP contribution in [0.15, 0.2) is 0 Å². The van der Waals surface area contributed by atoms with Crippen molar-refractivity contribution in [2.75, 3.05) is 6.61 Å². The first-order valence-electron chi connectivity index (χ1n) is 12.6. The molecule has 0 fully saturated rings. The molecule has 0 radical (unpaired) electrons. The Bertz CT molecular complexity index is 423. The lowest BCUT2D eigenvalue weighted by atomic mass is 10.0. The average molecular weight is 435 g/mol. The van der Waals surface area contributed by atoms with Crippen LogP contribution in [0.4, 0.5) is 0 Å². The predicted molar refractivity (Wildman–Crippen MR) is 125 cm³/mol. The fourth-order valence-electron chi connectivity index (χ4n) is 4.02. The SMILES string of the molecule is CCCCCCCCCCCCCC(CCCCCCCCCCO)S(=O)(=O)O. The number of hydrogen-bond donors (Lipinski definition) is 2. The summed E-state index contributed by atoms with van der Waals surface area (Å²) in [5, 5.41) is 8.18. The van der Waals surface area contributed by atoms with E-state index in [2.05, 4.69) is 6.92 Å². The van der Waals surface area contributed by atoms with E-state index in [1.165, 1.54) is 77.0 Å². The summed E-state index contributed by atoms with van der Waals surface area (Å²) in [6.45, 7) is 2.53. The van der Waals surface area contributed by atoms with Crippen molar-refractivity contribution in [3.05, 3.63) is 0 Å². The monoisotopic (exact) mass is 434 g/mol. The van der Waals surface area contributed by atoms with Crippen molar-refractivity contribution in [2.24, 2.45) is 0 Å². The summed E-state index contributed by atoms with van der Waals surface area (Å²) in [5.41, 5.74) is 0. The van der Waals surface area contributed by atoms with Gasteiger partial charge in [-0.15, -0.1) is 0 Å². The van der Waals surface area contributed by atoms with Crippen molar-refractivity contribution in [3.63, 3.8) is 0 Å². The molecule has 0 aliphatic carbocycles. The summed E-state index contributed by atoms with van der Waals surface area (Å²) in [5.74, 6) is 0. The van der Waals surface area contributed by atoms with Gasteiger partial charge in [0, 0.05) is 6.61 Å². The van der Waals surface area contributed by atoms with E-state index in [-0.39, 0.29) is 6.61 Å². The van der Waals surface area contributed by atoms with Gasteiger partial charge in [-0.25, -0.2) is 0 Å². The Hall–Kier alpha value is -0.130. The third-order valence-corrected chi connectivity index (χ3v) is 7.30. The Morgan fingerprint density at radius 1 is 0.552 bits per heavy atom. The molecule has 2 N–H and O–H groups in total. The molecule has 0 rings (SSSR count). The predicted octanol–water partition coefficient (Wildman–Crippen LogP) is 7.45. The quantitative estimate of drug-likeness (QED) is 0.129. The molecule has 0 aliphatic heterocycles. The Morgan fingerprint density at radius 3 is 1.17 bits per heavy atom. The molecule has 0 aromatic rings. The van der Waals surface area contributed by atoms with Crippen LogP contribution >= 0.6 is 0 Å². The summed E-state index contributed by atoms with van der Waals surface area (Å²) < 4.78 is 32.8. The molecular formula is C24H50O4S. The molecular weight excluding hydrogens is 384 g/mol. The van der Waals surface area contributed by atoms with E-state index in [9.17, 15) is 13.0 Å². The standard InChI is InChI=1S/C24H50O4S/c1-2-3-4-5-6-7-8-9-12-15-18-21-24(29(26,27)28)22-19-16-13-10-11-14-17-20-23-25/h24-25H,2-23H2,1H3,(H,26,27,28). The fourth-order valence-corrected chi connectivity index (χ4v) is 4.95. The van der Waals surface area contributed by atoms with Crippen LogP contribution < -0.4 is 0 Å². The third-order valence-electron chi connectivity index (χ3n) is 5.99. The van der Waals surface area contributed by atoms with Crippen LogP contribution in [0.5, 0.6) is 0 Å². The van der Waals surface area contributed by atoms with Gasteiger partial charge >= 0.3 is 0 Å². The first-order chi connectivity index (χ1) is 14.0. The van der Waals surface area contributed by atoms with Gasteiger partial charge in [-0.2, -0.15) is 8.42 Å². The van der Waals surface area contributed by atoms with Gasteiger partial charge in [-0.3, -0.25) is 4.55 Å². The van der Waals surface area contributed by atoms with Crippen LogP contribution in [0.1, 0.15) is 142 Å². The molecule has 0 aliphatic rings. The highest BCUT2D eigenvalue weighted by Crippen LogP contribution is 2.19. The molecule has 176 valence electrons. The van der Waals surface area contributed by atoms with Crippen molar-refractivity contribution in [2.45, 2.75) is 147 Å². The lowest BCUT2D eigenvalue weighted by Crippen LogP contribution is -2.20. The van der Waals surface area contributed by atoms with Crippen molar-refractivity contribution < 1.29 is 18.1 Å². The maximum absolute atomic E-state index is 11.6. The van der Waals surface area contributed by atoms with Gasteiger partial charge in [0.15, 0.2) is 0 Å². The van der Waals surface area contributed by atoms with Crippen molar-refractivity contribution in [1.82, 2.24) is 0 Å². The fraction of sp³-hybridized carbons (Fsp3) is 1.00. The van der Waals surface area contributed by atoms with Crippen LogP contribution in [-0.4, -0.2) is 29.9 Å². The van der Waals surface area contributed by atoms with E-state index in [1.807, 2.05) is 0 Å². The van der Waals surface area contributed by atoms with Gasteiger partial charge in [0.2, 0.25) is 0 Å². The maximum atomic E-state index is 11.6. The van der Waals surface area contributed by atoms with E-state index in [4.69, 9.17) is 5.11 Å². The smallest absolute Gasteiger partial charge is 0.267 e. The van der Waals surface area contributed by atoms with Gasteiger partial charge in [0.05, 0.1) is 5.25 Å². The van der Waals surface area contributed by atoms with Crippen molar-refractivity contribution in [3.8, 4) is 0 Å². The average Bonchev–Trinajstić information content (AvgIpc) is 2.68. The van der Waals surface area contributed by atoms with E-state index in [0.717, 1.165) is 44.9 Å². The topological polar surface area (TPSA) is 74.6 Å². The molecule has 5 heteroatoms. The lowest BCUT2D eigenvalue weighted by molar-refractivity contribution is 0.282. The Balaban J connectivity index is 3.63. The second-order valence-electron chi connectivity index (χ2n) is 8.80. The molecule has 4 nitrogen and oxygen atoms in total. The molecule has 0 bridgehead atoms. The molecule has 0 saturated carbocycles. The summed E-state index contributed by atoms with van der Waals surface area (Å²) in [7, 11) is -3.91. The number of aliphatic hydroxyl groups excluding tert-OH is 1. The minimum atomic E-state index is -3.91. The largest absolute Gasteiger partial charge is 0.396 e. The number of aliphatic hydroxyl groups is 1. The molecule has 0 saturated heterocycles. The van der Waals surface area contributed by atoms with Gasteiger partial charge in [0.25, 0.3) is 10.1 Å². The minimum Gasteiger partial charge on any atom is -0.396 e. The Morgan fingerprint density at radius 2 is 0.862 bits per heavy atom. The summed E-state index contributed by atoms with van der Waals surface area (Å²) in [6.07, 6.45) is 23.6. The van der Waals surface area contributed by atoms with Crippen molar-refractivity contribution in [1.29, 1.82) is 0 Å². The summed E-state index contributed by atoms with van der Waals surface area (Å²) >= 11 is 0. The number of hydrogen-bond acceptors (Lipinski definition) is 3. The number of rotatable bonds is 23. The van der Waals surface area contributed by atoms with Crippen LogP contribution in [0.2, 0.25) is 0 Å². The molecule has 0 aromatic heterocycles. The molecule has 1 unspecified atom stereocenters. The van der Waals surface area contributed by atoms with E-state index < -0.39 is 15.4 Å². The van der Waals surface area contributed by atoms with Crippen LogP contribution in [0.25, 0.3) is 0 Å². The van der Waals surface area contributed by atoms with Gasteiger partial charge in [-0.1, -0.05) is 122 Å². The van der Waals surface area contributed by atoms with Crippen molar-refractivity contribution >= 4 is 10.1 Å². The highest BCUT2D eigenvalue weighted by atomic mass is 32.2. The molecule has 0 amide bonds. The third kappa shape index (κ3) is 20.9. The Kier molecular flexibility index (Phi) is 21.0. The first-order valence-corrected chi connectivity index (χ1v) is 14.1.